The molecule has 0 aromatic rings. The van der Waals surface area contributed by atoms with Crippen molar-refractivity contribution in [3.63, 3.8) is 0 Å². The summed E-state index contributed by atoms with van der Waals surface area (Å²) >= 11 is 0. The number of hydrogen-bond donors (Lipinski definition) is 0. The summed E-state index contributed by atoms with van der Waals surface area (Å²) in [4.78, 5) is 0. The van der Waals surface area contributed by atoms with Gasteiger partial charge in [0.05, 0.1) is 0 Å². The van der Waals surface area contributed by atoms with Crippen molar-refractivity contribution < 1.29 is 0 Å². The first kappa shape index (κ1) is 13.5. The van der Waals surface area contributed by atoms with Crippen molar-refractivity contribution >= 4 is 0 Å². The average molecular weight is 194 g/mol. The maximum Gasteiger partial charge on any atom is -0.0233 e. The van der Waals surface area contributed by atoms with E-state index in [1.165, 1.54) is 31.3 Å². The third-order valence-electron chi connectivity index (χ3n) is 2.89. The minimum absolute atomic E-state index is 0.765. The van der Waals surface area contributed by atoms with E-state index in [1.807, 2.05) is 0 Å². The molecule has 0 rings (SSSR count). The zero-order chi connectivity index (χ0) is 11.0. The second kappa shape index (κ2) is 7.84. The van der Waals surface area contributed by atoms with Gasteiger partial charge in [0.25, 0.3) is 0 Å². The molecule has 0 aromatic heterocycles. The maximum absolute atomic E-state index is 2.42. The van der Waals surface area contributed by atoms with Gasteiger partial charge >= 0.3 is 0 Å². The van der Waals surface area contributed by atoms with Crippen molar-refractivity contribution in [3.05, 3.63) is 23.3 Å². The Morgan fingerprint density at radius 1 is 1.00 bits per heavy atom. The van der Waals surface area contributed by atoms with Gasteiger partial charge in [0.15, 0.2) is 0 Å². The Kier molecular flexibility index (Phi) is 7.55. The maximum atomic E-state index is 2.42. The minimum atomic E-state index is 0.765. The molecule has 0 fully saturated rings. The highest BCUT2D eigenvalue weighted by atomic mass is 14.0. The van der Waals surface area contributed by atoms with E-state index in [9.17, 15) is 0 Å². The summed E-state index contributed by atoms with van der Waals surface area (Å²) in [5, 5.41) is 0. The van der Waals surface area contributed by atoms with Crippen molar-refractivity contribution in [2.45, 2.75) is 60.3 Å². The predicted octanol–water partition coefficient (Wildman–Crippen LogP) is 5.12. The van der Waals surface area contributed by atoms with Crippen molar-refractivity contribution in [3.8, 4) is 0 Å². The lowest BCUT2D eigenvalue weighted by Crippen LogP contribution is -1.92. The highest BCUT2D eigenvalue weighted by molar-refractivity contribution is 5.22. The summed E-state index contributed by atoms with van der Waals surface area (Å²) in [6.45, 7) is 11.2. The van der Waals surface area contributed by atoms with Crippen molar-refractivity contribution in [2.24, 2.45) is 5.92 Å². The van der Waals surface area contributed by atoms with Gasteiger partial charge in [-0.25, -0.2) is 0 Å². The Morgan fingerprint density at radius 3 is 1.86 bits per heavy atom. The lowest BCUT2D eigenvalue weighted by molar-refractivity contribution is 0.603. The van der Waals surface area contributed by atoms with Crippen LogP contribution in [0.15, 0.2) is 23.3 Å². The van der Waals surface area contributed by atoms with Crippen LogP contribution in [0.2, 0.25) is 0 Å². The summed E-state index contributed by atoms with van der Waals surface area (Å²) in [5.74, 6) is 0.765. The third-order valence-corrected chi connectivity index (χ3v) is 2.89. The predicted molar refractivity (Wildman–Crippen MR) is 66.5 cm³/mol. The quantitative estimate of drug-likeness (QED) is 0.515. The molecular weight excluding hydrogens is 168 g/mol. The third kappa shape index (κ3) is 5.26. The second-order valence-corrected chi connectivity index (χ2v) is 4.00. The van der Waals surface area contributed by atoms with Crippen LogP contribution in [0.4, 0.5) is 0 Å². The van der Waals surface area contributed by atoms with Crippen LogP contribution in [0.3, 0.4) is 0 Å². The molecule has 0 heterocycles. The fourth-order valence-corrected chi connectivity index (χ4v) is 1.72. The monoisotopic (exact) mass is 194 g/mol. The van der Waals surface area contributed by atoms with E-state index in [0.29, 0.717) is 0 Å². The Labute approximate surface area is 90.1 Å². The average Bonchev–Trinajstić information content (AvgIpc) is 2.22. The first-order chi connectivity index (χ1) is 6.67. The Bertz CT molecular complexity index is 186. The van der Waals surface area contributed by atoms with Crippen LogP contribution in [-0.4, -0.2) is 0 Å². The van der Waals surface area contributed by atoms with Gasteiger partial charge in [0.2, 0.25) is 0 Å². The molecule has 0 saturated heterocycles. The lowest BCUT2D eigenvalue weighted by atomic mass is 9.99. The topological polar surface area (TPSA) is 0 Å². The van der Waals surface area contributed by atoms with Gasteiger partial charge in [-0.1, -0.05) is 51.0 Å². The van der Waals surface area contributed by atoms with Gasteiger partial charge in [-0.15, -0.1) is 0 Å². The molecule has 0 spiro atoms. The number of rotatable bonds is 6. The molecule has 0 N–H and O–H groups in total. The van der Waals surface area contributed by atoms with Gasteiger partial charge in [-0.3, -0.25) is 0 Å². The molecule has 0 unspecified atom stereocenters. The molecule has 0 bridgehead atoms. The molecule has 0 aliphatic rings. The van der Waals surface area contributed by atoms with Crippen LogP contribution < -0.4 is 0 Å². The van der Waals surface area contributed by atoms with Crippen LogP contribution in [0.25, 0.3) is 0 Å². The Hall–Kier alpha value is -0.520. The SMILES string of the molecule is CCC(=CC(C)=CC(CC)CC)CC. The largest absolute Gasteiger partial charge is 0.0785 e. The smallest absolute Gasteiger partial charge is 0.0233 e. The van der Waals surface area contributed by atoms with E-state index in [2.05, 4.69) is 46.8 Å². The van der Waals surface area contributed by atoms with E-state index in [4.69, 9.17) is 0 Å². The van der Waals surface area contributed by atoms with E-state index in [-0.39, 0.29) is 0 Å². The molecule has 0 amide bonds. The highest BCUT2D eigenvalue weighted by Gasteiger charge is 1.99. The highest BCUT2D eigenvalue weighted by Crippen LogP contribution is 2.15. The van der Waals surface area contributed by atoms with Gasteiger partial charge < -0.3 is 0 Å². The number of hydrogen-bond acceptors (Lipinski definition) is 0. The van der Waals surface area contributed by atoms with Crippen molar-refractivity contribution in [1.29, 1.82) is 0 Å². The fraction of sp³-hybridized carbons (Fsp3) is 0.714. The zero-order valence-electron chi connectivity index (χ0n) is 10.6. The molecule has 0 radical (unpaired) electrons. The Morgan fingerprint density at radius 2 is 1.50 bits per heavy atom. The zero-order valence-corrected chi connectivity index (χ0v) is 10.6. The Balaban J connectivity index is 4.42. The molecule has 82 valence electrons. The summed E-state index contributed by atoms with van der Waals surface area (Å²) < 4.78 is 0. The van der Waals surface area contributed by atoms with Crippen LogP contribution in [0.5, 0.6) is 0 Å². The molecule has 14 heavy (non-hydrogen) atoms. The molecule has 0 aromatic carbocycles. The van der Waals surface area contributed by atoms with E-state index in [1.54, 1.807) is 5.57 Å². The normalized spacial score (nSPS) is 12.0. The molecule has 0 heteroatoms. The summed E-state index contributed by atoms with van der Waals surface area (Å²) in [7, 11) is 0. The van der Waals surface area contributed by atoms with E-state index < -0.39 is 0 Å². The van der Waals surface area contributed by atoms with Crippen LogP contribution in [-0.2, 0) is 0 Å². The van der Waals surface area contributed by atoms with Gasteiger partial charge in [0.1, 0.15) is 0 Å². The summed E-state index contributed by atoms with van der Waals surface area (Å²) in [5.41, 5.74) is 3.00. The lowest BCUT2D eigenvalue weighted by Gasteiger charge is -2.07. The summed E-state index contributed by atoms with van der Waals surface area (Å²) in [6, 6.07) is 0. The van der Waals surface area contributed by atoms with Gasteiger partial charge in [0, 0.05) is 0 Å². The van der Waals surface area contributed by atoms with Gasteiger partial charge in [-0.2, -0.15) is 0 Å². The fourth-order valence-electron chi connectivity index (χ4n) is 1.72. The second-order valence-electron chi connectivity index (χ2n) is 4.00. The molecule has 0 aliphatic heterocycles. The molecular formula is C14H26. The van der Waals surface area contributed by atoms with Gasteiger partial charge in [-0.05, 0) is 38.5 Å². The minimum Gasteiger partial charge on any atom is -0.0785 e. The van der Waals surface area contributed by atoms with Crippen LogP contribution in [0.1, 0.15) is 60.3 Å². The van der Waals surface area contributed by atoms with Crippen molar-refractivity contribution in [2.75, 3.05) is 0 Å². The molecule has 0 nitrogen and oxygen atoms in total. The first-order valence-corrected chi connectivity index (χ1v) is 6.05. The molecule has 0 aliphatic carbocycles. The molecule has 0 atom stereocenters. The van der Waals surface area contributed by atoms with Crippen molar-refractivity contribution in [1.82, 2.24) is 0 Å². The van der Waals surface area contributed by atoms with E-state index in [0.717, 1.165) is 5.92 Å². The summed E-state index contributed by atoms with van der Waals surface area (Å²) in [6.07, 6.45) is 9.67. The number of allylic oxidation sites excluding steroid dienone is 4. The van der Waals surface area contributed by atoms with Crippen LogP contribution in [0, 0.1) is 5.92 Å². The molecule has 0 saturated carbocycles. The standard InChI is InChI=1S/C14H26/c1-6-13(7-2)10-12(5)11-14(8-3)9-4/h10-11,13H,6-9H2,1-5H3. The van der Waals surface area contributed by atoms with Crippen LogP contribution >= 0.6 is 0 Å². The van der Waals surface area contributed by atoms with E-state index >= 15 is 0 Å². The first-order valence-electron chi connectivity index (χ1n) is 6.05.